The highest BCUT2D eigenvalue weighted by molar-refractivity contribution is 7.47. The number of hydrogen-bond donors (Lipinski definition) is 3. The van der Waals surface area contributed by atoms with E-state index in [0.717, 1.165) is 44.9 Å². The summed E-state index contributed by atoms with van der Waals surface area (Å²) in [5.74, 6) is -0.185. The number of hydrogen-bond acceptors (Lipinski definition) is 5. The van der Waals surface area contributed by atoms with Crippen LogP contribution >= 0.6 is 7.82 Å². The number of allylic oxidation sites excluding steroid dienone is 5. The minimum atomic E-state index is -4.36. The first-order valence-electron chi connectivity index (χ1n) is 31.4. The predicted octanol–water partition coefficient (Wildman–Crippen LogP) is 19.3. The van der Waals surface area contributed by atoms with Crippen molar-refractivity contribution in [1.29, 1.82) is 0 Å². The number of unbranched alkanes of at least 4 members (excludes halogenated alkanes) is 41. The van der Waals surface area contributed by atoms with Gasteiger partial charge in [0.2, 0.25) is 5.91 Å². The number of carbonyl (C=O) groups excluding carboxylic acids is 1. The number of aliphatic hydroxyl groups excluding tert-OH is 1. The fourth-order valence-electron chi connectivity index (χ4n) is 9.43. The van der Waals surface area contributed by atoms with Crippen molar-refractivity contribution >= 4 is 13.7 Å². The second-order valence-electron chi connectivity index (χ2n) is 22.8. The molecule has 0 aliphatic carbocycles. The van der Waals surface area contributed by atoms with Crippen molar-refractivity contribution in [2.75, 3.05) is 40.9 Å². The molecule has 0 aromatic heterocycles. The summed E-state index contributed by atoms with van der Waals surface area (Å²) in [5, 5.41) is 13.9. The van der Waals surface area contributed by atoms with Gasteiger partial charge in [0.05, 0.1) is 39.9 Å². The van der Waals surface area contributed by atoms with Crippen molar-refractivity contribution in [3.05, 3.63) is 36.5 Å². The molecule has 0 fully saturated rings. The molecule has 0 saturated carbocycles. The Morgan fingerprint density at radius 1 is 0.458 bits per heavy atom. The number of carbonyl (C=O) groups is 1. The molecule has 0 aliphatic heterocycles. The SMILES string of the molecule is CCCCCCCCCCC/C=C/CC/C=C/CC/C=C/C(O)C(COP(=O)(O)OCC[N+](C)(C)C)NC(=O)CCCCCCCCCCCCCCCCCCCCCCCCCCCCCCCCC. The molecule has 72 heavy (non-hydrogen) atoms. The summed E-state index contributed by atoms with van der Waals surface area (Å²) in [6.07, 6.45) is 71.3. The molecule has 3 N–H and O–H groups in total. The highest BCUT2D eigenvalue weighted by atomic mass is 31.2. The van der Waals surface area contributed by atoms with Crippen LogP contribution in [0.15, 0.2) is 36.5 Å². The van der Waals surface area contributed by atoms with Gasteiger partial charge < -0.3 is 19.8 Å². The molecule has 0 aromatic rings. The first kappa shape index (κ1) is 70.7. The fraction of sp³-hybridized carbons (Fsp3) is 0.889. The normalized spacial score (nSPS) is 14.0. The third kappa shape index (κ3) is 56.4. The Kier molecular flexibility index (Phi) is 53.5. The average Bonchev–Trinajstić information content (AvgIpc) is 3.34. The highest BCUT2D eigenvalue weighted by Gasteiger charge is 2.27. The summed E-state index contributed by atoms with van der Waals surface area (Å²) in [6.45, 7) is 4.83. The lowest BCUT2D eigenvalue weighted by molar-refractivity contribution is -0.870. The van der Waals surface area contributed by atoms with Crippen molar-refractivity contribution in [3.63, 3.8) is 0 Å². The van der Waals surface area contributed by atoms with Gasteiger partial charge in [-0.15, -0.1) is 0 Å². The topological polar surface area (TPSA) is 105 Å². The molecule has 426 valence electrons. The summed E-state index contributed by atoms with van der Waals surface area (Å²) in [5.41, 5.74) is 0. The van der Waals surface area contributed by atoms with E-state index in [1.54, 1.807) is 6.08 Å². The number of nitrogens with one attached hydrogen (secondary N) is 1. The summed E-state index contributed by atoms with van der Waals surface area (Å²) in [6, 6.07) is -0.868. The van der Waals surface area contributed by atoms with Crippen LogP contribution in [0, 0.1) is 0 Å². The second-order valence-corrected chi connectivity index (χ2v) is 24.2. The highest BCUT2D eigenvalue weighted by Crippen LogP contribution is 2.43. The Hall–Kier alpha value is -1.28. The summed E-state index contributed by atoms with van der Waals surface area (Å²) in [4.78, 5) is 23.3. The molecule has 0 radical (unpaired) electrons. The maximum Gasteiger partial charge on any atom is 0.472 e. The lowest BCUT2D eigenvalue weighted by Crippen LogP contribution is -2.45. The van der Waals surface area contributed by atoms with Crippen LogP contribution in [0.5, 0.6) is 0 Å². The van der Waals surface area contributed by atoms with Gasteiger partial charge in [-0.25, -0.2) is 4.57 Å². The molecule has 8 nitrogen and oxygen atoms in total. The molecule has 3 atom stereocenters. The number of nitrogens with zero attached hydrogens (tertiary/aromatic N) is 1. The molecule has 0 bridgehead atoms. The van der Waals surface area contributed by atoms with Crippen LogP contribution < -0.4 is 5.32 Å². The number of aliphatic hydroxyl groups is 1. The summed E-state index contributed by atoms with van der Waals surface area (Å²) in [7, 11) is 1.56. The van der Waals surface area contributed by atoms with E-state index in [4.69, 9.17) is 9.05 Å². The average molecular weight is 1040 g/mol. The standard InChI is InChI=1S/C63H123N2O6P/c1-6-8-10-12-14-16-18-20-22-24-26-27-28-29-30-31-32-33-34-35-36-37-39-41-43-45-47-49-51-53-55-57-63(67)64-61(60-71-72(68,69)70-59-58-65(3,4)5)62(66)56-54-52-50-48-46-44-42-40-38-25-23-21-19-17-15-13-11-9-7-2/h38,40,46,48,54,56,61-62,66H,6-37,39,41-45,47,49-53,55,57-60H2,1-5H3,(H-,64,67,68,69)/p+1/b40-38+,48-46+,56-54+. The van der Waals surface area contributed by atoms with E-state index in [9.17, 15) is 19.4 Å². The van der Waals surface area contributed by atoms with Crippen LogP contribution in [0.4, 0.5) is 0 Å². The zero-order chi connectivity index (χ0) is 52.7. The van der Waals surface area contributed by atoms with Gasteiger partial charge in [-0.05, 0) is 44.9 Å². The number of amides is 1. The van der Waals surface area contributed by atoms with E-state index in [0.29, 0.717) is 17.4 Å². The van der Waals surface area contributed by atoms with Crippen LogP contribution in [0.3, 0.4) is 0 Å². The quantitative estimate of drug-likeness (QED) is 0.0243. The lowest BCUT2D eigenvalue weighted by atomic mass is 10.0. The van der Waals surface area contributed by atoms with Gasteiger partial charge in [0.1, 0.15) is 13.2 Å². The molecule has 0 saturated heterocycles. The maximum atomic E-state index is 13.0. The van der Waals surface area contributed by atoms with E-state index >= 15 is 0 Å². The van der Waals surface area contributed by atoms with E-state index < -0.39 is 20.0 Å². The Bertz CT molecular complexity index is 1270. The minimum Gasteiger partial charge on any atom is -0.387 e. The monoisotopic (exact) mass is 1040 g/mol. The van der Waals surface area contributed by atoms with Gasteiger partial charge in [0, 0.05) is 6.42 Å². The molecule has 0 aliphatic rings. The van der Waals surface area contributed by atoms with Gasteiger partial charge >= 0.3 is 7.82 Å². The Balaban J connectivity index is 4.10. The van der Waals surface area contributed by atoms with Crippen molar-refractivity contribution < 1.29 is 32.9 Å². The summed E-state index contributed by atoms with van der Waals surface area (Å²) >= 11 is 0. The molecule has 1 amide bonds. The first-order valence-corrected chi connectivity index (χ1v) is 32.9. The van der Waals surface area contributed by atoms with Crippen LogP contribution in [-0.2, 0) is 18.4 Å². The number of likely N-dealkylation sites (N-methyl/N-ethyl adjacent to an activating group) is 1. The van der Waals surface area contributed by atoms with Crippen molar-refractivity contribution in [2.24, 2.45) is 0 Å². The van der Waals surface area contributed by atoms with Crippen LogP contribution in [0.2, 0.25) is 0 Å². The molecule has 0 rings (SSSR count). The number of phosphoric acid groups is 1. The third-order valence-corrected chi connectivity index (χ3v) is 15.3. The molecule has 3 unspecified atom stereocenters. The zero-order valence-electron chi connectivity index (χ0n) is 48.7. The molecular formula is C63H124N2O6P+. The van der Waals surface area contributed by atoms with E-state index in [1.165, 1.54) is 244 Å². The Labute approximate surface area is 448 Å². The molecule has 0 aromatic carbocycles. The zero-order valence-corrected chi connectivity index (χ0v) is 49.6. The van der Waals surface area contributed by atoms with Gasteiger partial charge in [-0.2, -0.15) is 0 Å². The van der Waals surface area contributed by atoms with Crippen molar-refractivity contribution in [2.45, 2.75) is 321 Å². The van der Waals surface area contributed by atoms with Gasteiger partial charge in [0.25, 0.3) is 0 Å². The molecular weight excluding hydrogens is 912 g/mol. The first-order chi connectivity index (χ1) is 35.0. The van der Waals surface area contributed by atoms with E-state index in [1.807, 2.05) is 27.2 Å². The van der Waals surface area contributed by atoms with Crippen LogP contribution in [0.1, 0.15) is 309 Å². The second kappa shape index (κ2) is 54.5. The van der Waals surface area contributed by atoms with Gasteiger partial charge in [-0.1, -0.05) is 294 Å². The molecule has 0 heterocycles. The van der Waals surface area contributed by atoms with E-state index in [-0.39, 0.29) is 19.1 Å². The lowest BCUT2D eigenvalue weighted by Gasteiger charge is -2.25. The smallest absolute Gasteiger partial charge is 0.387 e. The Morgan fingerprint density at radius 2 is 0.764 bits per heavy atom. The third-order valence-electron chi connectivity index (χ3n) is 14.3. The molecule has 9 heteroatoms. The number of phosphoric ester groups is 1. The molecule has 0 spiro atoms. The van der Waals surface area contributed by atoms with Crippen molar-refractivity contribution in [1.82, 2.24) is 5.32 Å². The maximum absolute atomic E-state index is 13.0. The predicted molar refractivity (Wildman–Crippen MR) is 314 cm³/mol. The van der Waals surface area contributed by atoms with E-state index in [2.05, 4.69) is 43.5 Å². The number of rotatable bonds is 58. The van der Waals surface area contributed by atoms with Gasteiger partial charge in [0.15, 0.2) is 0 Å². The van der Waals surface area contributed by atoms with Crippen molar-refractivity contribution in [3.8, 4) is 0 Å². The van der Waals surface area contributed by atoms with Gasteiger partial charge in [-0.3, -0.25) is 13.8 Å². The van der Waals surface area contributed by atoms with Crippen LogP contribution in [-0.4, -0.2) is 73.4 Å². The van der Waals surface area contributed by atoms with Crippen LogP contribution in [0.25, 0.3) is 0 Å². The number of quaternary nitrogens is 1. The summed E-state index contributed by atoms with van der Waals surface area (Å²) < 4.78 is 23.7. The Morgan fingerprint density at radius 3 is 1.11 bits per heavy atom. The fourth-order valence-corrected chi connectivity index (χ4v) is 10.2. The largest absolute Gasteiger partial charge is 0.472 e. The minimum absolute atomic E-state index is 0.0552.